The van der Waals surface area contributed by atoms with Crippen LogP contribution >= 0.6 is 0 Å². The lowest BCUT2D eigenvalue weighted by Gasteiger charge is -1.96. The average molecular weight is 218 g/mol. The van der Waals surface area contributed by atoms with Crippen molar-refractivity contribution in [3.63, 3.8) is 0 Å². The van der Waals surface area contributed by atoms with Gasteiger partial charge < -0.3 is 4.74 Å². The summed E-state index contributed by atoms with van der Waals surface area (Å²) in [6.45, 7) is 1.90. The number of allylic oxidation sites excluding steroid dienone is 1. The second-order valence-electron chi connectivity index (χ2n) is 3.16. The van der Waals surface area contributed by atoms with Gasteiger partial charge in [0.1, 0.15) is 0 Å². The standard InChI is InChI=1S/C12H14N2O2/c1-10(9-13-14-12(15)16-2)8-11-6-4-3-5-7-11/h3-9H,1-2H3,(H,14,15)/b10-8-,13-9-. The third kappa shape index (κ3) is 4.41. The number of nitrogens with one attached hydrogen (secondary N) is 1. The van der Waals surface area contributed by atoms with Crippen LogP contribution in [0.15, 0.2) is 41.0 Å². The van der Waals surface area contributed by atoms with Crippen molar-refractivity contribution in [1.82, 2.24) is 5.43 Å². The molecule has 0 radical (unpaired) electrons. The monoisotopic (exact) mass is 218 g/mol. The number of amides is 1. The molecule has 0 atom stereocenters. The molecule has 1 aromatic rings. The zero-order valence-corrected chi connectivity index (χ0v) is 9.31. The van der Waals surface area contributed by atoms with Crippen LogP contribution in [0.1, 0.15) is 12.5 Å². The smallest absolute Gasteiger partial charge is 0.427 e. The van der Waals surface area contributed by atoms with E-state index >= 15 is 0 Å². The molecule has 0 heterocycles. The summed E-state index contributed by atoms with van der Waals surface area (Å²) in [6.07, 6.45) is 2.94. The Morgan fingerprint density at radius 2 is 2.06 bits per heavy atom. The van der Waals surface area contributed by atoms with Gasteiger partial charge in [-0.05, 0) is 18.1 Å². The van der Waals surface area contributed by atoms with Crippen molar-refractivity contribution in [2.75, 3.05) is 7.11 Å². The van der Waals surface area contributed by atoms with E-state index in [1.165, 1.54) is 7.11 Å². The highest BCUT2D eigenvalue weighted by atomic mass is 16.5. The Morgan fingerprint density at radius 1 is 1.38 bits per heavy atom. The van der Waals surface area contributed by atoms with Gasteiger partial charge in [-0.3, -0.25) is 0 Å². The lowest BCUT2D eigenvalue weighted by molar-refractivity contribution is 0.171. The third-order valence-electron chi connectivity index (χ3n) is 1.80. The van der Waals surface area contributed by atoms with E-state index < -0.39 is 6.09 Å². The molecule has 16 heavy (non-hydrogen) atoms. The largest absolute Gasteiger partial charge is 0.452 e. The quantitative estimate of drug-likeness (QED) is 0.625. The molecule has 1 aromatic carbocycles. The van der Waals surface area contributed by atoms with E-state index in [9.17, 15) is 4.79 Å². The van der Waals surface area contributed by atoms with E-state index in [4.69, 9.17) is 0 Å². The Kier molecular flexibility index (Phi) is 4.79. The predicted molar refractivity (Wildman–Crippen MR) is 64.1 cm³/mol. The van der Waals surface area contributed by atoms with Gasteiger partial charge in [0.15, 0.2) is 0 Å². The average Bonchev–Trinajstić information content (AvgIpc) is 2.30. The Bertz CT molecular complexity index is 397. The van der Waals surface area contributed by atoms with Crippen molar-refractivity contribution >= 4 is 18.4 Å². The summed E-state index contributed by atoms with van der Waals surface area (Å²) in [4.78, 5) is 10.7. The number of ether oxygens (including phenoxy) is 1. The van der Waals surface area contributed by atoms with Gasteiger partial charge in [0, 0.05) is 0 Å². The molecule has 0 aromatic heterocycles. The summed E-state index contributed by atoms with van der Waals surface area (Å²) in [5.74, 6) is 0. The van der Waals surface area contributed by atoms with Gasteiger partial charge in [0.2, 0.25) is 0 Å². The minimum Gasteiger partial charge on any atom is -0.452 e. The zero-order valence-electron chi connectivity index (χ0n) is 9.31. The number of methoxy groups -OCH3 is 1. The van der Waals surface area contributed by atoms with E-state index in [1.54, 1.807) is 6.21 Å². The summed E-state index contributed by atoms with van der Waals surface area (Å²) >= 11 is 0. The van der Waals surface area contributed by atoms with Crippen molar-refractivity contribution in [1.29, 1.82) is 0 Å². The van der Waals surface area contributed by atoms with Crippen LogP contribution < -0.4 is 5.43 Å². The van der Waals surface area contributed by atoms with Crippen molar-refractivity contribution < 1.29 is 9.53 Å². The first kappa shape index (κ1) is 12.0. The van der Waals surface area contributed by atoms with Crippen LogP contribution in [0.4, 0.5) is 4.79 Å². The van der Waals surface area contributed by atoms with Crippen LogP contribution in [-0.2, 0) is 4.74 Å². The number of rotatable bonds is 3. The number of hydrogen-bond acceptors (Lipinski definition) is 3. The number of carbonyl (C=O) groups is 1. The Balaban J connectivity index is 2.55. The SMILES string of the molecule is COC(=O)N/N=C\C(C)=C/c1ccccc1. The van der Waals surface area contributed by atoms with Gasteiger partial charge in [-0.25, -0.2) is 10.2 Å². The Labute approximate surface area is 94.6 Å². The molecule has 4 heteroatoms. The predicted octanol–water partition coefficient (Wildman–Crippen LogP) is 2.43. The molecule has 0 aliphatic carbocycles. The second kappa shape index (κ2) is 6.40. The second-order valence-corrected chi connectivity index (χ2v) is 3.16. The number of nitrogens with zero attached hydrogens (tertiary/aromatic N) is 1. The maximum Gasteiger partial charge on any atom is 0.427 e. The van der Waals surface area contributed by atoms with Gasteiger partial charge in [0.05, 0.1) is 13.3 Å². The molecule has 0 spiro atoms. The molecular weight excluding hydrogens is 204 g/mol. The molecule has 0 aliphatic heterocycles. The molecule has 4 nitrogen and oxygen atoms in total. The zero-order chi connectivity index (χ0) is 11.8. The minimum absolute atomic E-state index is 0.580. The number of benzene rings is 1. The molecule has 0 saturated carbocycles. The van der Waals surface area contributed by atoms with Crippen molar-refractivity contribution in [2.45, 2.75) is 6.92 Å². The fraction of sp³-hybridized carbons (Fsp3) is 0.167. The van der Waals surface area contributed by atoms with Crippen LogP contribution in [0.2, 0.25) is 0 Å². The van der Waals surface area contributed by atoms with Crippen LogP contribution in [0.5, 0.6) is 0 Å². The maximum atomic E-state index is 10.7. The molecular formula is C12H14N2O2. The van der Waals surface area contributed by atoms with Gasteiger partial charge in [-0.1, -0.05) is 36.4 Å². The molecule has 1 N–H and O–H groups in total. The Hall–Kier alpha value is -2.10. The molecule has 0 bridgehead atoms. The summed E-state index contributed by atoms with van der Waals surface area (Å²) in [5.41, 5.74) is 4.24. The van der Waals surface area contributed by atoms with E-state index in [-0.39, 0.29) is 0 Å². The van der Waals surface area contributed by atoms with E-state index in [1.807, 2.05) is 43.3 Å². The fourth-order valence-corrected chi connectivity index (χ4v) is 1.08. The van der Waals surface area contributed by atoms with Crippen molar-refractivity contribution in [3.05, 3.63) is 41.5 Å². The summed E-state index contributed by atoms with van der Waals surface area (Å²) in [6, 6.07) is 9.86. The number of carbonyl (C=O) groups excluding carboxylic acids is 1. The van der Waals surface area contributed by atoms with Gasteiger partial charge in [0.25, 0.3) is 0 Å². The van der Waals surface area contributed by atoms with E-state index in [0.717, 1.165) is 11.1 Å². The van der Waals surface area contributed by atoms with Crippen LogP contribution in [0.3, 0.4) is 0 Å². The molecule has 0 aliphatic rings. The Morgan fingerprint density at radius 3 is 2.69 bits per heavy atom. The van der Waals surface area contributed by atoms with Crippen LogP contribution in [0, 0.1) is 0 Å². The highest BCUT2D eigenvalue weighted by molar-refractivity contribution is 5.85. The molecule has 0 fully saturated rings. The lowest BCUT2D eigenvalue weighted by Crippen LogP contribution is -2.16. The molecule has 1 amide bonds. The van der Waals surface area contributed by atoms with E-state index in [2.05, 4.69) is 15.3 Å². The van der Waals surface area contributed by atoms with Crippen molar-refractivity contribution in [2.24, 2.45) is 5.10 Å². The maximum absolute atomic E-state index is 10.7. The first-order valence-corrected chi connectivity index (χ1v) is 4.83. The fourth-order valence-electron chi connectivity index (χ4n) is 1.08. The normalized spacial score (nSPS) is 11.5. The van der Waals surface area contributed by atoms with Crippen molar-refractivity contribution in [3.8, 4) is 0 Å². The number of hydrazone groups is 1. The van der Waals surface area contributed by atoms with Gasteiger partial charge in [-0.2, -0.15) is 5.10 Å². The summed E-state index contributed by atoms with van der Waals surface area (Å²) in [5, 5.41) is 3.72. The lowest BCUT2D eigenvalue weighted by atomic mass is 10.1. The molecule has 0 saturated heterocycles. The van der Waals surface area contributed by atoms with E-state index in [0.29, 0.717) is 0 Å². The first-order valence-electron chi connectivity index (χ1n) is 4.83. The summed E-state index contributed by atoms with van der Waals surface area (Å²) in [7, 11) is 1.29. The highest BCUT2D eigenvalue weighted by Crippen LogP contribution is 2.04. The topological polar surface area (TPSA) is 50.7 Å². The minimum atomic E-state index is -0.580. The highest BCUT2D eigenvalue weighted by Gasteiger charge is 1.92. The van der Waals surface area contributed by atoms with Gasteiger partial charge in [-0.15, -0.1) is 0 Å². The molecule has 1 rings (SSSR count). The number of hydrogen-bond donors (Lipinski definition) is 1. The first-order chi connectivity index (χ1) is 7.72. The van der Waals surface area contributed by atoms with Crippen LogP contribution in [-0.4, -0.2) is 19.4 Å². The molecule has 84 valence electrons. The summed E-state index contributed by atoms with van der Waals surface area (Å²) < 4.78 is 4.37. The third-order valence-corrected chi connectivity index (χ3v) is 1.80. The van der Waals surface area contributed by atoms with Crippen LogP contribution in [0.25, 0.3) is 6.08 Å². The van der Waals surface area contributed by atoms with Gasteiger partial charge >= 0.3 is 6.09 Å². The molecule has 0 unspecified atom stereocenters.